The zero-order chi connectivity index (χ0) is 31.2. The first-order chi connectivity index (χ1) is 23.1. The van der Waals surface area contributed by atoms with Crippen LogP contribution in [0.1, 0.15) is 64.7 Å². The summed E-state index contributed by atoms with van der Waals surface area (Å²) in [5.41, 5.74) is 7.62. The number of hydrogen-bond donors (Lipinski definition) is 0. The Balaban J connectivity index is 1.11. The number of benzene rings is 4. The van der Waals surface area contributed by atoms with E-state index in [-0.39, 0.29) is 29.1 Å². The minimum absolute atomic E-state index is 0.0702. The second kappa shape index (κ2) is 10.5. The van der Waals surface area contributed by atoms with Crippen LogP contribution in [0.25, 0.3) is 0 Å². The fourth-order valence-electron chi connectivity index (χ4n) is 10.7. The van der Waals surface area contributed by atoms with Gasteiger partial charge in [-0.15, -0.1) is 0 Å². The van der Waals surface area contributed by atoms with Gasteiger partial charge in [0, 0.05) is 53.2 Å². The zero-order valence-electron chi connectivity index (χ0n) is 26.8. The highest BCUT2D eigenvalue weighted by Gasteiger charge is 2.78. The molecule has 236 valence electrons. The molecule has 3 aliphatic heterocycles. The molecule has 3 aliphatic carbocycles. The van der Waals surface area contributed by atoms with Crippen molar-refractivity contribution in [3.63, 3.8) is 0 Å². The molecule has 2 saturated carbocycles. The lowest BCUT2D eigenvalue weighted by Crippen LogP contribution is -2.74. The number of aliphatic imine (C=N–C) groups is 1. The first kappa shape index (κ1) is 28.0. The Kier molecular flexibility index (Phi) is 6.24. The molecule has 0 radical (unpaired) electrons. The lowest BCUT2D eigenvalue weighted by atomic mass is 9.46. The van der Waals surface area contributed by atoms with Crippen molar-refractivity contribution in [2.75, 3.05) is 19.6 Å². The normalized spacial score (nSPS) is 31.6. The summed E-state index contributed by atoms with van der Waals surface area (Å²) in [7, 11) is 0. The van der Waals surface area contributed by atoms with Crippen LogP contribution in [0.3, 0.4) is 0 Å². The van der Waals surface area contributed by atoms with E-state index in [1.807, 2.05) is 30.3 Å². The molecule has 3 heterocycles. The van der Waals surface area contributed by atoms with Crippen LogP contribution >= 0.6 is 0 Å². The molecule has 5 fully saturated rings. The number of fused-ring (bicyclic) bond motifs is 1. The van der Waals surface area contributed by atoms with E-state index in [4.69, 9.17) is 9.73 Å². The number of hydrogen-bond acceptors (Lipinski definition) is 4. The quantitative estimate of drug-likeness (QED) is 0.214. The molecular formula is C42H41N3O2. The average Bonchev–Trinajstić information content (AvgIpc) is 3.82. The molecule has 4 bridgehead atoms. The minimum Gasteiger partial charge on any atom is -0.367 e. The summed E-state index contributed by atoms with van der Waals surface area (Å²) in [4.78, 5) is 24.4. The summed E-state index contributed by atoms with van der Waals surface area (Å²) in [6.45, 7) is 3.01. The third-order valence-corrected chi connectivity index (χ3v) is 12.7. The van der Waals surface area contributed by atoms with E-state index in [1.165, 1.54) is 30.5 Å². The number of amides is 1. The van der Waals surface area contributed by atoms with E-state index in [1.54, 1.807) is 0 Å². The van der Waals surface area contributed by atoms with Crippen molar-refractivity contribution >= 4 is 17.3 Å². The van der Waals surface area contributed by atoms with Crippen LogP contribution in [-0.4, -0.2) is 64.8 Å². The van der Waals surface area contributed by atoms with Gasteiger partial charge in [-0.25, -0.2) is 4.99 Å². The Labute approximate surface area is 277 Å². The molecule has 0 N–H and O–H groups in total. The number of ether oxygens (including phenoxy) is 1. The van der Waals surface area contributed by atoms with Gasteiger partial charge < -0.3 is 9.64 Å². The fraction of sp³-hybridized carbons (Fsp3) is 0.381. The molecule has 1 amide bonds. The van der Waals surface area contributed by atoms with Crippen molar-refractivity contribution in [2.24, 2.45) is 16.8 Å². The molecule has 10 rings (SSSR count). The second-order valence-electron chi connectivity index (χ2n) is 14.9. The number of nitrogens with zero attached hydrogens (tertiary/aromatic N) is 3. The van der Waals surface area contributed by atoms with E-state index in [0.717, 1.165) is 66.2 Å². The van der Waals surface area contributed by atoms with E-state index < -0.39 is 0 Å². The van der Waals surface area contributed by atoms with Gasteiger partial charge in [0.1, 0.15) is 0 Å². The monoisotopic (exact) mass is 619 g/mol. The summed E-state index contributed by atoms with van der Waals surface area (Å²) in [5, 5.41) is 0. The Hall–Kier alpha value is -4.06. The summed E-state index contributed by atoms with van der Waals surface area (Å²) in [5.74, 6) is 1.31. The molecule has 0 spiro atoms. The van der Waals surface area contributed by atoms with E-state index in [2.05, 4.69) is 88.7 Å². The molecule has 2 unspecified atom stereocenters. The van der Waals surface area contributed by atoms with Crippen molar-refractivity contribution in [1.82, 2.24) is 9.80 Å². The van der Waals surface area contributed by atoms with Gasteiger partial charge in [0.05, 0.1) is 23.1 Å². The molecular weight excluding hydrogens is 578 g/mol. The molecule has 6 atom stereocenters. The number of likely N-dealkylation sites (tertiary alicyclic amines) is 2. The Morgan fingerprint density at radius 3 is 2.17 bits per heavy atom. The maximum Gasteiger partial charge on any atom is 0.254 e. The fourth-order valence-corrected chi connectivity index (χ4v) is 10.7. The number of piperidine rings is 1. The summed E-state index contributed by atoms with van der Waals surface area (Å²) >= 11 is 0. The van der Waals surface area contributed by atoms with Crippen molar-refractivity contribution in [3.05, 3.63) is 137 Å². The van der Waals surface area contributed by atoms with Crippen LogP contribution in [-0.2, 0) is 16.6 Å². The van der Waals surface area contributed by atoms with Crippen molar-refractivity contribution in [1.29, 1.82) is 0 Å². The van der Waals surface area contributed by atoms with Gasteiger partial charge in [0.2, 0.25) is 0 Å². The Morgan fingerprint density at radius 2 is 1.49 bits per heavy atom. The largest absolute Gasteiger partial charge is 0.367 e. The first-order valence-electron chi connectivity index (χ1n) is 17.8. The second-order valence-corrected chi connectivity index (χ2v) is 14.9. The highest BCUT2D eigenvalue weighted by Crippen LogP contribution is 2.70. The van der Waals surface area contributed by atoms with E-state index in [9.17, 15) is 4.79 Å². The molecule has 0 aromatic heterocycles. The van der Waals surface area contributed by atoms with Gasteiger partial charge in [-0.2, -0.15) is 0 Å². The predicted molar refractivity (Wildman–Crippen MR) is 184 cm³/mol. The summed E-state index contributed by atoms with van der Waals surface area (Å²) in [6.07, 6.45) is 6.97. The minimum atomic E-state index is -0.203. The SMILES string of the molecule is O=C(c1ccccc1)N1C[C@H]2O[C@@]34CCC1C2[C@@]31CCN(CC2CC2)[C@@H]4Cc2ccc(N=C(c3ccccc3)c3ccccc3)cc21. The van der Waals surface area contributed by atoms with Crippen LogP contribution in [0.2, 0.25) is 0 Å². The Morgan fingerprint density at radius 1 is 0.809 bits per heavy atom. The average molecular weight is 620 g/mol. The van der Waals surface area contributed by atoms with Crippen molar-refractivity contribution in [3.8, 4) is 0 Å². The van der Waals surface area contributed by atoms with Crippen LogP contribution < -0.4 is 0 Å². The molecule has 4 aromatic rings. The smallest absolute Gasteiger partial charge is 0.254 e. The Bertz CT molecular complexity index is 1830. The topological polar surface area (TPSA) is 45.1 Å². The van der Waals surface area contributed by atoms with Crippen molar-refractivity contribution in [2.45, 2.75) is 67.7 Å². The standard InChI is InChI=1S/C42H41N3O2/c46-40(31-14-8-3-9-15-31)45-27-36-38-35(45)20-21-42(47-36)37-24-32-18-19-33(25-34(32)41(38,42)22-23-44(37)26-28-16-17-28)43-39(29-10-4-1-5-11-29)30-12-6-2-7-13-30/h1-15,18-19,25,28,35-38H,16-17,20-24,26-27H2/t35?,36-,37-,38?,41+,42-/m1/s1. The van der Waals surface area contributed by atoms with Crippen LogP contribution in [0, 0.1) is 11.8 Å². The van der Waals surface area contributed by atoms with Gasteiger partial charge >= 0.3 is 0 Å². The van der Waals surface area contributed by atoms with Gasteiger partial charge in [-0.1, -0.05) is 84.9 Å². The van der Waals surface area contributed by atoms with Gasteiger partial charge in [-0.05, 0) is 86.4 Å². The zero-order valence-corrected chi connectivity index (χ0v) is 26.8. The van der Waals surface area contributed by atoms with Crippen LogP contribution in [0.5, 0.6) is 0 Å². The lowest BCUT2D eigenvalue weighted by molar-refractivity contribution is -0.170. The first-order valence-corrected chi connectivity index (χ1v) is 17.8. The highest BCUT2D eigenvalue weighted by atomic mass is 16.5. The van der Waals surface area contributed by atoms with Gasteiger partial charge in [0.15, 0.2) is 0 Å². The lowest BCUT2D eigenvalue weighted by Gasteiger charge is -2.64. The molecule has 5 nitrogen and oxygen atoms in total. The maximum absolute atomic E-state index is 14.0. The molecule has 6 aliphatic rings. The molecule has 4 aromatic carbocycles. The van der Waals surface area contributed by atoms with Crippen molar-refractivity contribution < 1.29 is 9.53 Å². The number of rotatable bonds is 6. The molecule has 47 heavy (non-hydrogen) atoms. The van der Waals surface area contributed by atoms with E-state index >= 15 is 0 Å². The molecule has 3 saturated heterocycles. The third kappa shape index (κ3) is 4.09. The number of carbonyl (C=O) groups excluding carboxylic acids is 1. The van der Waals surface area contributed by atoms with Gasteiger partial charge in [0.25, 0.3) is 5.91 Å². The van der Waals surface area contributed by atoms with Crippen LogP contribution in [0.15, 0.2) is 114 Å². The van der Waals surface area contributed by atoms with Gasteiger partial charge in [-0.3, -0.25) is 9.69 Å². The third-order valence-electron chi connectivity index (χ3n) is 12.7. The number of carbonyl (C=O) groups is 1. The maximum atomic E-state index is 14.0. The summed E-state index contributed by atoms with van der Waals surface area (Å²) < 4.78 is 7.52. The molecule has 5 heteroatoms. The highest BCUT2D eigenvalue weighted by molar-refractivity contribution is 6.14. The van der Waals surface area contributed by atoms with E-state index in [0.29, 0.717) is 18.5 Å². The van der Waals surface area contributed by atoms with Crippen LogP contribution in [0.4, 0.5) is 5.69 Å². The predicted octanol–water partition coefficient (Wildman–Crippen LogP) is 7.21. The summed E-state index contributed by atoms with van der Waals surface area (Å²) in [6, 6.07) is 38.6.